The number of aromatic nitrogens is 2. The summed E-state index contributed by atoms with van der Waals surface area (Å²) in [5.74, 6) is -6.77. The van der Waals surface area contributed by atoms with Crippen LogP contribution >= 0.6 is 0 Å². The van der Waals surface area contributed by atoms with Gasteiger partial charge in [0.15, 0.2) is 29.1 Å². The fraction of sp³-hybridized carbons (Fsp3) is 0.0588. The number of rotatable bonds is 5. The summed E-state index contributed by atoms with van der Waals surface area (Å²) in [4.78, 5) is 22.1. The first-order valence-corrected chi connectivity index (χ1v) is 7.67. The van der Waals surface area contributed by atoms with E-state index in [2.05, 4.69) is 10.4 Å². The molecule has 0 saturated heterocycles. The number of carbonyl (C=O) groups is 1. The van der Waals surface area contributed by atoms with E-state index in [4.69, 9.17) is 0 Å². The lowest BCUT2D eigenvalue weighted by atomic mass is 10.2. The zero-order valence-electron chi connectivity index (χ0n) is 13.8. The SMILES string of the molecule is O=C(Nc1ccn(Cc2c(F)c(F)cc(F)c2F)n1)c1ccc([N+](=O)[O-])cc1. The van der Waals surface area contributed by atoms with Crippen molar-refractivity contribution in [1.29, 1.82) is 0 Å². The second-order valence-electron chi connectivity index (χ2n) is 5.60. The second-order valence-corrected chi connectivity index (χ2v) is 5.60. The number of benzene rings is 2. The molecule has 1 amide bonds. The minimum Gasteiger partial charge on any atom is -0.305 e. The van der Waals surface area contributed by atoms with Crippen LogP contribution in [0.1, 0.15) is 15.9 Å². The molecule has 0 aliphatic heterocycles. The van der Waals surface area contributed by atoms with Gasteiger partial charge < -0.3 is 5.32 Å². The molecular weight excluding hydrogens is 384 g/mol. The first kappa shape index (κ1) is 19.0. The van der Waals surface area contributed by atoms with Gasteiger partial charge in [-0.25, -0.2) is 17.6 Å². The molecule has 1 heterocycles. The molecule has 1 aromatic heterocycles. The van der Waals surface area contributed by atoms with Crippen LogP contribution in [0.5, 0.6) is 0 Å². The zero-order chi connectivity index (χ0) is 20.4. The lowest BCUT2D eigenvalue weighted by molar-refractivity contribution is -0.384. The summed E-state index contributed by atoms with van der Waals surface area (Å²) in [6.07, 6.45) is 1.24. The van der Waals surface area contributed by atoms with E-state index in [-0.39, 0.29) is 23.1 Å². The molecule has 2 aromatic carbocycles. The van der Waals surface area contributed by atoms with E-state index in [9.17, 15) is 32.5 Å². The maximum atomic E-state index is 13.7. The summed E-state index contributed by atoms with van der Waals surface area (Å²) in [5.41, 5.74) is -0.925. The predicted molar refractivity (Wildman–Crippen MR) is 88.7 cm³/mol. The number of hydrogen-bond acceptors (Lipinski definition) is 4. The standard InChI is InChI=1S/C17H10F4N4O3/c18-12-7-13(19)16(21)11(15(12)20)8-24-6-5-14(23-24)22-17(26)9-1-3-10(4-2-9)25(27)28/h1-7H,8H2,(H,22,23,26). The molecule has 0 aliphatic carbocycles. The number of non-ortho nitro benzene ring substituents is 1. The molecule has 0 bridgehead atoms. The van der Waals surface area contributed by atoms with E-state index >= 15 is 0 Å². The van der Waals surface area contributed by atoms with Crippen molar-refractivity contribution < 1.29 is 27.3 Å². The van der Waals surface area contributed by atoms with Gasteiger partial charge in [0.05, 0.1) is 17.0 Å². The molecule has 144 valence electrons. The van der Waals surface area contributed by atoms with Gasteiger partial charge in [-0.05, 0) is 12.1 Å². The van der Waals surface area contributed by atoms with Gasteiger partial charge in [0, 0.05) is 36.0 Å². The number of nitro benzene ring substituents is 1. The van der Waals surface area contributed by atoms with Gasteiger partial charge in [-0.1, -0.05) is 0 Å². The van der Waals surface area contributed by atoms with Crippen LogP contribution in [0.3, 0.4) is 0 Å². The van der Waals surface area contributed by atoms with Gasteiger partial charge in [0.1, 0.15) is 0 Å². The Hall–Kier alpha value is -3.76. The lowest BCUT2D eigenvalue weighted by Crippen LogP contribution is -2.13. The van der Waals surface area contributed by atoms with Crippen LogP contribution in [-0.4, -0.2) is 20.6 Å². The maximum Gasteiger partial charge on any atom is 0.269 e. The molecule has 0 saturated carbocycles. The number of halogens is 4. The van der Waals surface area contributed by atoms with Gasteiger partial charge in [-0.15, -0.1) is 0 Å². The molecule has 0 unspecified atom stereocenters. The third kappa shape index (κ3) is 3.82. The summed E-state index contributed by atoms with van der Waals surface area (Å²) in [5, 5.41) is 16.9. The maximum absolute atomic E-state index is 13.7. The molecule has 11 heteroatoms. The predicted octanol–water partition coefficient (Wildman–Crippen LogP) is 3.65. The molecule has 7 nitrogen and oxygen atoms in total. The van der Waals surface area contributed by atoms with E-state index < -0.39 is 46.2 Å². The van der Waals surface area contributed by atoms with Gasteiger partial charge in [-0.2, -0.15) is 5.10 Å². The summed E-state index contributed by atoms with van der Waals surface area (Å²) in [6.45, 7) is -0.611. The van der Waals surface area contributed by atoms with Crippen LogP contribution in [0.15, 0.2) is 42.6 Å². The van der Waals surface area contributed by atoms with Crippen molar-refractivity contribution in [1.82, 2.24) is 9.78 Å². The highest BCUT2D eigenvalue weighted by Gasteiger charge is 2.20. The normalized spacial score (nSPS) is 10.7. The first-order valence-electron chi connectivity index (χ1n) is 7.67. The van der Waals surface area contributed by atoms with Crippen molar-refractivity contribution in [3.8, 4) is 0 Å². The highest BCUT2D eigenvalue weighted by molar-refractivity contribution is 6.03. The Labute approximate surface area is 154 Å². The van der Waals surface area contributed by atoms with Crippen LogP contribution in [0.25, 0.3) is 0 Å². The topological polar surface area (TPSA) is 90.1 Å². The summed E-state index contributed by atoms with van der Waals surface area (Å²) >= 11 is 0. The number of amides is 1. The molecule has 1 N–H and O–H groups in total. The summed E-state index contributed by atoms with van der Waals surface area (Å²) in [6, 6.07) is 6.19. The van der Waals surface area contributed by atoms with Crippen LogP contribution in [0.4, 0.5) is 29.1 Å². The van der Waals surface area contributed by atoms with E-state index in [1.165, 1.54) is 24.4 Å². The Balaban J connectivity index is 1.74. The number of nitrogens with one attached hydrogen (secondary N) is 1. The Morgan fingerprint density at radius 1 is 1.07 bits per heavy atom. The molecule has 0 aliphatic rings. The quantitative estimate of drug-likeness (QED) is 0.310. The molecule has 0 atom stereocenters. The third-order valence-corrected chi connectivity index (χ3v) is 3.75. The molecule has 0 fully saturated rings. The zero-order valence-corrected chi connectivity index (χ0v) is 13.8. The van der Waals surface area contributed by atoms with Gasteiger partial charge in [0.2, 0.25) is 0 Å². The number of nitrogens with zero attached hydrogens (tertiary/aromatic N) is 3. The third-order valence-electron chi connectivity index (χ3n) is 3.75. The molecule has 28 heavy (non-hydrogen) atoms. The molecule has 0 radical (unpaired) electrons. The Bertz CT molecular complexity index is 1040. The summed E-state index contributed by atoms with van der Waals surface area (Å²) in [7, 11) is 0. The summed E-state index contributed by atoms with van der Waals surface area (Å²) < 4.78 is 54.9. The Morgan fingerprint density at radius 2 is 1.68 bits per heavy atom. The average Bonchev–Trinajstić information content (AvgIpc) is 3.10. The van der Waals surface area contributed by atoms with Gasteiger partial charge in [-0.3, -0.25) is 19.6 Å². The van der Waals surface area contributed by atoms with Crippen molar-refractivity contribution in [2.45, 2.75) is 6.54 Å². The fourth-order valence-corrected chi connectivity index (χ4v) is 2.36. The van der Waals surface area contributed by atoms with Crippen LogP contribution in [0.2, 0.25) is 0 Å². The molecule has 3 rings (SSSR count). The van der Waals surface area contributed by atoms with Crippen molar-refractivity contribution in [3.05, 3.63) is 87.1 Å². The number of hydrogen-bond donors (Lipinski definition) is 1. The van der Waals surface area contributed by atoms with Crippen molar-refractivity contribution in [3.63, 3.8) is 0 Å². The molecule has 0 spiro atoms. The minimum atomic E-state index is -1.54. The van der Waals surface area contributed by atoms with Crippen LogP contribution in [-0.2, 0) is 6.54 Å². The minimum absolute atomic E-state index is 0.000967. The number of anilines is 1. The highest BCUT2D eigenvalue weighted by Crippen LogP contribution is 2.20. The average molecular weight is 394 g/mol. The van der Waals surface area contributed by atoms with E-state index in [0.29, 0.717) is 0 Å². The Kier molecular flexibility index (Phi) is 5.07. The van der Waals surface area contributed by atoms with E-state index in [1.54, 1.807) is 0 Å². The second kappa shape index (κ2) is 7.47. The number of nitro groups is 1. The first-order chi connectivity index (χ1) is 13.3. The van der Waals surface area contributed by atoms with Crippen molar-refractivity contribution >= 4 is 17.4 Å². The molecule has 3 aromatic rings. The Morgan fingerprint density at radius 3 is 2.25 bits per heavy atom. The lowest BCUT2D eigenvalue weighted by Gasteiger charge is -2.07. The van der Waals surface area contributed by atoms with Crippen LogP contribution < -0.4 is 5.32 Å². The fourth-order valence-electron chi connectivity index (χ4n) is 2.36. The van der Waals surface area contributed by atoms with Gasteiger partial charge in [0.25, 0.3) is 11.6 Å². The van der Waals surface area contributed by atoms with Crippen molar-refractivity contribution in [2.24, 2.45) is 0 Å². The largest absolute Gasteiger partial charge is 0.305 e. The highest BCUT2D eigenvalue weighted by atomic mass is 19.2. The van der Waals surface area contributed by atoms with E-state index in [1.807, 2.05) is 0 Å². The van der Waals surface area contributed by atoms with Crippen LogP contribution in [0, 0.1) is 33.4 Å². The smallest absolute Gasteiger partial charge is 0.269 e. The van der Waals surface area contributed by atoms with E-state index in [0.717, 1.165) is 16.8 Å². The molecular formula is C17H10F4N4O3. The van der Waals surface area contributed by atoms with Crippen molar-refractivity contribution in [2.75, 3.05) is 5.32 Å². The number of carbonyl (C=O) groups excluding carboxylic acids is 1. The monoisotopic (exact) mass is 394 g/mol. The van der Waals surface area contributed by atoms with Gasteiger partial charge >= 0.3 is 0 Å².